The normalized spacial score (nSPS) is 24.4. The zero-order valence-electron chi connectivity index (χ0n) is 19.2. The molecule has 5 rings (SSSR count). The van der Waals surface area contributed by atoms with Gasteiger partial charge in [-0.1, -0.05) is 30.5 Å². The third-order valence-corrected chi connectivity index (χ3v) is 7.38. The van der Waals surface area contributed by atoms with Crippen LogP contribution >= 0.6 is 0 Å². The Hall–Kier alpha value is -3.75. The zero-order chi connectivity index (χ0) is 24.2. The van der Waals surface area contributed by atoms with Crippen molar-refractivity contribution in [3.63, 3.8) is 0 Å². The number of benzene rings is 2. The number of hydrogen-bond donors (Lipinski definition) is 1. The monoisotopic (exact) mass is 462 g/mol. The number of aryl methyl sites for hydroxylation is 2. The number of fused-ring (bicyclic) bond motifs is 4. The molecule has 3 aliphatic rings. The first-order valence-corrected chi connectivity index (χ1v) is 11.6. The predicted molar refractivity (Wildman–Crippen MR) is 126 cm³/mol. The van der Waals surface area contributed by atoms with Crippen LogP contribution in [0.5, 0.6) is 0 Å². The van der Waals surface area contributed by atoms with E-state index >= 15 is 0 Å². The Labute approximate surface area is 196 Å². The average Bonchev–Trinajstić information content (AvgIpc) is 3.05. The molecule has 2 aromatic carbocycles. The predicted octanol–water partition coefficient (Wildman–Crippen LogP) is 3.79. The number of nitro groups is 1. The highest BCUT2D eigenvalue weighted by atomic mass is 16.6. The highest BCUT2D eigenvalue weighted by molar-refractivity contribution is 6.31. The maximum Gasteiger partial charge on any atom is 0.335 e. The van der Waals surface area contributed by atoms with E-state index in [1.807, 2.05) is 26.0 Å². The number of imide groups is 2. The molecule has 0 aliphatic carbocycles. The number of carbonyl (C=O) groups is 3. The summed E-state index contributed by atoms with van der Waals surface area (Å²) in [6.07, 6.45) is 3.32. The molecule has 0 radical (unpaired) electrons. The van der Waals surface area contributed by atoms with Crippen molar-refractivity contribution >= 4 is 34.9 Å². The summed E-state index contributed by atoms with van der Waals surface area (Å²) < 4.78 is 0. The number of hydrogen-bond acceptors (Lipinski definition) is 6. The summed E-state index contributed by atoms with van der Waals surface area (Å²) in [6, 6.07) is 8.86. The van der Waals surface area contributed by atoms with Crippen LogP contribution in [0.4, 0.5) is 21.9 Å². The second-order valence-corrected chi connectivity index (χ2v) is 9.47. The molecule has 9 nitrogen and oxygen atoms in total. The maximum absolute atomic E-state index is 14.2. The van der Waals surface area contributed by atoms with Gasteiger partial charge >= 0.3 is 6.03 Å². The van der Waals surface area contributed by atoms with E-state index in [1.54, 1.807) is 12.1 Å². The van der Waals surface area contributed by atoms with Gasteiger partial charge in [-0.25, -0.2) is 9.69 Å². The Morgan fingerprint density at radius 2 is 1.79 bits per heavy atom. The van der Waals surface area contributed by atoms with Crippen LogP contribution in [0.1, 0.15) is 42.4 Å². The van der Waals surface area contributed by atoms with E-state index in [0.717, 1.165) is 41.0 Å². The quantitative estimate of drug-likeness (QED) is 0.413. The highest BCUT2D eigenvalue weighted by Gasteiger charge is 2.62. The van der Waals surface area contributed by atoms with Crippen LogP contribution in [0.3, 0.4) is 0 Å². The van der Waals surface area contributed by atoms with Gasteiger partial charge in [0.05, 0.1) is 16.7 Å². The maximum atomic E-state index is 14.2. The van der Waals surface area contributed by atoms with Crippen LogP contribution in [-0.2, 0) is 16.0 Å². The van der Waals surface area contributed by atoms with Crippen LogP contribution < -0.4 is 15.1 Å². The highest BCUT2D eigenvalue weighted by Crippen LogP contribution is 2.48. The number of rotatable bonds is 2. The molecule has 2 aromatic rings. The van der Waals surface area contributed by atoms with Crippen molar-refractivity contribution in [3.8, 4) is 0 Å². The van der Waals surface area contributed by atoms with E-state index in [0.29, 0.717) is 24.2 Å². The van der Waals surface area contributed by atoms with Gasteiger partial charge in [-0.15, -0.1) is 0 Å². The van der Waals surface area contributed by atoms with Gasteiger partial charge in [0.2, 0.25) is 5.91 Å². The van der Waals surface area contributed by atoms with Crippen molar-refractivity contribution in [2.45, 2.75) is 52.0 Å². The van der Waals surface area contributed by atoms with Gasteiger partial charge in [-0.05, 0) is 49.9 Å². The summed E-state index contributed by atoms with van der Waals surface area (Å²) in [4.78, 5) is 54.9. The summed E-state index contributed by atoms with van der Waals surface area (Å²) in [5, 5.41) is 13.9. The number of urea groups is 1. The molecular weight excluding hydrogens is 436 g/mol. The van der Waals surface area contributed by atoms with Crippen molar-refractivity contribution in [2.24, 2.45) is 5.41 Å². The van der Waals surface area contributed by atoms with Crippen LogP contribution in [0.2, 0.25) is 0 Å². The number of amides is 4. The molecule has 2 fully saturated rings. The fraction of sp³-hybridized carbons (Fsp3) is 0.400. The number of anilines is 2. The first-order chi connectivity index (χ1) is 16.2. The van der Waals surface area contributed by atoms with Crippen molar-refractivity contribution in [1.82, 2.24) is 5.32 Å². The van der Waals surface area contributed by atoms with Crippen molar-refractivity contribution in [3.05, 3.63) is 63.2 Å². The van der Waals surface area contributed by atoms with E-state index in [4.69, 9.17) is 0 Å². The Balaban J connectivity index is 1.69. The van der Waals surface area contributed by atoms with Crippen LogP contribution in [0.15, 0.2) is 36.4 Å². The molecule has 0 aromatic heterocycles. The molecule has 0 bridgehead atoms. The summed E-state index contributed by atoms with van der Waals surface area (Å²) in [7, 11) is 0. The third kappa shape index (κ3) is 3.18. The molecule has 34 heavy (non-hydrogen) atoms. The number of barbiturate groups is 1. The topological polar surface area (TPSA) is 113 Å². The molecule has 1 spiro atoms. The van der Waals surface area contributed by atoms with Crippen LogP contribution in [-0.4, -0.2) is 35.4 Å². The fourth-order valence-corrected chi connectivity index (χ4v) is 5.81. The van der Waals surface area contributed by atoms with Gasteiger partial charge < -0.3 is 4.90 Å². The number of non-ortho nitro benzene ring substituents is 1. The molecule has 2 atom stereocenters. The molecule has 9 heteroatoms. The van der Waals surface area contributed by atoms with Crippen LogP contribution in [0, 0.1) is 29.4 Å². The lowest BCUT2D eigenvalue weighted by Gasteiger charge is -2.51. The van der Waals surface area contributed by atoms with Gasteiger partial charge in [-0.2, -0.15) is 0 Å². The van der Waals surface area contributed by atoms with Gasteiger partial charge in [0.25, 0.3) is 11.6 Å². The molecule has 176 valence electrons. The molecule has 2 saturated heterocycles. The lowest BCUT2D eigenvalue weighted by molar-refractivity contribution is -0.384. The second kappa shape index (κ2) is 7.93. The summed E-state index contributed by atoms with van der Waals surface area (Å²) in [6.45, 7) is 4.38. The Bertz CT molecular complexity index is 1240. The molecule has 0 saturated carbocycles. The Morgan fingerprint density at radius 1 is 1.03 bits per heavy atom. The average molecular weight is 463 g/mol. The van der Waals surface area contributed by atoms with E-state index in [1.165, 1.54) is 12.1 Å². The minimum atomic E-state index is -1.56. The van der Waals surface area contributed by atoms with Gasteiger partial charge in [-0.3, -0.25) is 25.0 Å². The van der Waals surface area contributed by atoms with Gasteiger partial charge in [0.1, 0.15) is 0 Å². The fourth-order valence-electron chi connectivity index (χ4n) is 5.81. The Morgan fingerprint density at radius 3 is 2.53 bits per heavy atom. The second-order valence-electron chi connectivity index (χ2n) is 9.47. The minimum absolute atomic E-state index is 0.00450. The molecular formula is C25H26N4O5. The molecule has 3 aliphatic heterocycles. The van der Waals surface area contributed by atoms with Crippen molar-refractivity contribution in [1.29, 1.82) is 0 Å². The third-order valence-electron chi connectivity index (χ3n) is 7.38. The largest absolute Gasteiger partial charge is 0.367 e. The van der Waals surface area contributed by atoms with E-state index in [2.05, 4.69) is 10.2 Å². The number of carbonyl (C=O) groups excluding carboxylic acids is 3. The minimum Gasteiger partial charge on any atom is -0.367 e. The zero-order valence-corrected chi connectivity index (χ0v) is 19.2. The first kappa shape index (κ1) is 22.1. The SMILES string of the molecule is Cc1ccc(N2C(=O)NC(=O)[C@@]3(Cc4cc([N+](=O)[O-])ccc4N4CCCCC[C@H]43)C2=O)c(C)c1. The number of nitro benzene ring substituents is 1. The molecule has 1 N–H and O–H groups in total. The standard InChI is InChI=1S/C25H26N4O5/c1-15-7-9-19(16(2)12-15)28-23(31)25(22(30)26-24(28)32)14-17-13-18(29(33)34)8-10-20(17)27-11-5-3-4-6-21(25)27/h7-10,12-13,21H,3-6,11,14H2,1-2H3,(H,26,30,32)/t21-,25-/m0/s1. The lowest BCUT2D eigenvalue weighted by atomic mass is 9.67. The molecule has 3 heterocycles. The van der Waals surface area contributed by atoms with Crippen LogP contribution in [0.25, 0.3) is 0 Å². The molecule has 4 amide bonds. The van der Waals surface area contributed by atoms with Crippen molar-refractivity contribution < 1.29 is 19.3 Å². The summed E-state index contributed by atoms with van der Waals surface area (Å²) in [5.41, 5.74) is 1.92. The van der Waals surface area contributed by atoms with Gasteiger partial charge in [0.15, 0.2) is 5.41 Å². The summed E-state index contributed by atoms with van der Waals surface area (Å²) >= 11 is 0. The van der Waals surface area contributed by atoms with Gasteiger partial charge in [0, 0.05) is 30.8 Å². The van der Waals surface area contributed by atoms with E-state index < -0.39 is 34.2 Å². The summed E-state index contributed by atoms with van der Waals surface area (Å²) in [5.74, 6) is -1.19. The van der Waals surface area contributed by atoms with Crippen molar-refractivity contribution in [2.75, 3.05) is 16.3 Å². The lowest BCUT2D eigenvalue weighted by Crippen LogP contribution is -2.72. The van der Waals surface area contributed by atoms with E-state index in [-0.39, 0.29) is 12.1 Å². The number of nitrogens with zero attached hydrogens (tertiary/aromatic N) is 3. The molecule has 0 unspecified atom stereocenters. The van der Waals surface area contributed by atoms with E-state index in [9.17, 15) is 24.5 Å². The first-order valence-electron chi connectivity index (χ1n) is 11.6. The smallest absolute Gasteiger partial charge is 0.335 e. The Kier molecular flexibility index (Phi) is 5.15. The number of nitrogens with one attached hydrogen (secondary N) is 1.